The molecule has 1 aromatic rings. The van der Waals surface area contributed by atoms with Crippen molar-refractivity contribution in [2.45, 2.75) is 44.6 Å². The van der Waals surface area contributed by atoms with E-state index in [0.29, 0.717) is 6.54 Å². The molecule has 2 heteroatoms. The van der Waals surface area contributed by atoms with E-state index in [-0.39, 0.29) is 5.54 Å². The molecule has 3 N–H and O–H groups in total. The fourth-order valence-corrected chi connectivity index (χ4v) is 2.74. The van der Waals surface area contributed by atoms with Crippen LogP contribution in [0.5, 0.6) is 0 Å². The summed E-state index contributed by atoms with van der Waals surface area (Å²) >= 11 is 0. The summed E-state index contributed by atoms with van der Waals surface area (Å²) < 4.78 is 0. The van der Waals surface area contributed by atoms with E-state index in [4.69, 9.17) is 5.73 Å². The Labute approximate surface area is 117 Å². The van der Waals surface area contributed by atoms with Crippen LogP contribution in [0.2, 0.25) is 0 Å². The van der Waals surface area contributed by atoms with Gasteiger partial charge in [0, 0.05) is 12.1 Å². The first kappa shape index (κ1) is 14.3. The fourth-order valence-electron chi connectivity index (χ4n) is 2.74. The summed E-state index contributed by atoms with van der Waals surface area (Å²) in [5.74, 6) is 0. The first-order valence-electron chi connectivity index (χ1n) is 7.39. The van der Waals surface area contributed by atoms with Crippen molar-refractivity contribution in [2.24, 2.45) is 5.73 Å². The lowest BCUT2D eigenvalue weighted by Gasteiger charge is -2.30. The molecule has 19 heavy (non-hydrogen) atoms. The monoisotopic (exact) mass is 258 g/mol. The molecule has 0 aliphatic heterocycles. The van der Waals surface area contributed by atoms with Crippen molar-refractivity contribution in [1.82, 2.24) is 5.32 Å². The van der Waals surface area contributed by atoms with Crippen LogP contribution in [-0.4, -0.2) is 18.6 Å². The molecular formula is C17H26N2. The van der Waals surface area contributed by atoms with Gasteiger partial charge < -0.3 is 11.1 Å². The summed E-state index contributed by atoms with van der Waals surface area (Å²) in [6.07, 6.45) is 8.47. The normalized spacial score (nSPS) is 18.1. The van der Waals surface area contributed by atoms with Gasteiger partial charge in [-0.15, -0.1) is 0 Å². The smallest absolute Gasteiger partial charge is 0.0316 e. The van der Waals surface area contributed by atoms with E-state index in [1.807, 2.05) is 0 Å². The molecular weight excluding hydrogens is 232 g/mol. The number of allylic oxidation sites excluding steroid dienone is 1. The molecule has 1 aliphatic carbocycles. The topological polar surface area (TPSA) is 38.0 Å². The Hall–Kier alpha value is -1.12. The van der Waals surface area contributed by atoms with Crippen molar-refractivity contribution in [3.8, 4) is 0 Å². The Morgan fingerprint density at radius 3 is 2.68 bits per heavy atom. The third kappa shape index (κ3) is 4.48. The number of nitrogens with two attached hydrogens (primary N) is 1. The minimum Gasteiger partial charge on any atom is -0.329 e. The van der Waals surface area contributed by atoms with Crippen LogP contribution in [-0.2, 0) is 6.42 Å². The van der Waals surface area contributed by atoms with E-state index in [0.717, 1.165) is 13.0 Å². The molecule has 104 valence electrons. The Morgan fingerprint density at radius 1 is 1.26 bits per heavy atom. The van der Waals surface area contributed by atoms with Gasteiger partial charge in [0.25, 0.3) is 0 Å². The Morgan fingerprint density at radius 2 is 2.05 bits per heavy atom. The third-order valence-corrected chi connectivity index (χ3v) is 4.02. The summed E-state index contributed by atoms with van der Waals surface area (Å²) in [4.78, 5) is 0. The molecule has 2 rings (SSSR count). The standard InChI is InChI=1S/C17H26N2/c1-17(14-18,13-16-9-3-2-4-10-16)19-12-11-15-7-5-6-8-15/h2-4,7,9-10,19H,5-6,8,11-14,18H2,1H3. The maximum absolute atomic E-state index is 5.97. The molecule has 1 unspecified atom stereocenters. The first-order valence-corrected chi connectivity index (χ1v) is 7.39. The Balaban J connectivity index is 1.83. The Kier molecular flexibility index (Phi) is 5.17. The maximum Gasteiger partial charge on any atom is 0.0316 e. The zero-order valence-corrected chi connectivity index (χ0v) is 12.0. The zero-order valence-electron chi connectivity index (χ0n) is 12.0. The number of rotatable bonds is 7. The summed E-state index contributed by atoms with van der Waals surface area (Å²) in [6.45, 7) is 3.93. The molecule has 2 nitrogen and oxygen atoms in total. The first-order chi connectivity index (χ1) is 9.22. The van der Waals surface area contributed by atoms with Gasteiger partial charge in [-0.3, -0.25) is 0 Å². The molecule has 0 saturated carbocycles. The van der Waals surface area contributed by atoms with Crippen LogP contribution in [0.1, 0.15) is 38.2 Å². The van der Waals surface area contributed by atoms with Crippen LogP contribution < -0.4 is 11.1 Å². The Bertz CT molecular complexity index is 411. The average Bonchev–Trinajstić information content (AvgIpc) is 2.93. The molecule has 0 aromatic heterocycles. The molecule has 1 aromatic carbocycles. The van der Waals surface area contributed by atoms with E-state index in [1.54, 1.807) is 5.57 Å². The quantitative estimate of drug-likeness (QED) is 0.738. The minimum atomic E-state index is 0.000514. The van der Waals surface area contributed by atoms with Crippen LogP contribution in [0.15, 0.2) is 42.0 Å². The second-order valence-corrected chi connectivity index (χ2v) is 5.86. The largest absolute Gasteiger partial charge is 0.329 e. The number of nitrogens with one attached hydrogen (secondary N) is 1. The highest BCUT2D eigenvalue weighted by molar-refractivity contribution is 5.18. The summed E-state index contributed by atoms with van der Waals surface area (Å²) in [6, 6.07) is 10.6. The van der Waals surface area contributed by atoms with Gasteiger partial charge in [-0.25, -0.2) is 0 Å². The van der Waals surface area contributed by atoms with Crippen LogP contribution in [0.4, 0.5) is 0 Å². The lowest BCUT2D eigenvalue weighted by atomic mass is 9.92. The van der Waals surface area contributed by atoms with Gasteiger partial charge in [0.05, 0.1) is 0 Å². The van der Waals surface area contributed by atoms with Crippen molar-refractivity contribution >= 4 is 0 Å². The van der Waals surface area contributed by atoms with Crippen molar-refractivity contribution in [2.75, 3.05) is 13.1 Å². The second-order valence-electron chi connectivity index (χ2n) is 5.86. The van der Waals surface area contributed by atoms with E-state index < -0.39 is 0 Å². The van der Waals surface area contributed by atoms with Gasteiger partial charge in [-0.1, -0.05) is 42.0 Å². The number of hydrogen-bond acceptors (Lipinski definition) is 2. The van der Waals surface area contributed by atoms with E-state index >= 15 is 0 Å². The van der Waals surface area contributed by atoms with Crippen LogP contribution >= 0.6 is 0 Å². The molecule has 0 bridgehead atoms. The highest BCUT2D eigenvalue weighted by Crippen LogP contribution is 2.20. The van der Waals surface area contributed by atoms with Gasteiger partial charge in [0.2, 0.25) is 0 Å². The molecule has 1 aliphatic rings. The molecule has 0 fully saturated rings. The summed E-state index contributed by atoms with van der Waals surface area (Å²) in [7, 11) is 0. The van der Waals surface area contributed by atoms with Gasteiger partial charge in [-0.05, 0) is 51.1 Å². The van der Waals surface area contributed by atoms with Gasteiger partial charge in [0.1, 0.15) is 0 Å². The van der Waals surface area contributed by atoms with E-state index in [2.05, 4.69) is 48.6 Å². The van der Waals surface area contributed by atoms with Crippen molar-refractivity contribution in [3.63, 3.8) is 0 Å². The lowest BCUT2D eigenvalue weighted by Crippen LogP contribution is -2.50. The molecule has 0 spiro atoms. The predicted octanol–water partition coefficient (Wildman–Crippen LogP) is 3.04. The predicted molar refractivity (Wildman–Crippen MR) is 82.2 cm³/mol. The molecule has 0 radical (unpaired) electrons. The third-order valence-electron chi connectivity index (χ3n) is 4.02. The van der Waals surface area contributed by atoms with Crippen LogP contribution in [0.25, 0.3) is 0 Å². The van der Waals surface area contributed by atoms with Gasteiger partial charge >= 0.3 is 0 Å². The van der Waals surface area contributed by atoms with Crippen LogP contribution in [0, 0.1) is 0 Å². The average molecular weight is 258 g/mol. The van der Waals surface area contributed by atoms with Crippen LogP contribution in [0.3, 0.4) is 0 Å². The SMILES string of the molecule is CC(CN)(Cc1ccccc1)NCCC1=CCCC1. The van der Waals surface area contributed by atoms with Crippen molar-refractivity contribution < 1.29 is 0 Å². The molecule has 0 heterocycles. The number of benzene rings is 1. The van der Waals surface area contributed by atoms with Gasteiger partial charge in [0.15, 0.2) is 0 Å². The second kappa shape index (κ2) is 6.88. The zero-order chi connectivity index (χ0) is 13.6. The highest BCUT2D eigenvalue weighted by Gasteiger charge is 2.22. The number of hydrogen-bond donors (Lipinski definition) is 2. The van der Waals surface area contributed by atoms with E-state index in [1.165, 1.54) is 31.2 Å². The molecule has 1 atom stereocenters. The van der Waals surface area contributed by atoms with Crippen molar-refractivity contribution in [1.29, 1.82) is 0 Å². The highest BCUT2D eigenvalue weighted by atomic mass is 15.0. The minimum absolute atomic E-state index is 0.000514. The van der Waals surface area contributed by atoms with E-state index in [9.17, 15) is 0 Å². The fraction of sp³-hybridized carbons (Fsp3) is 0.529. The maximum atomic E-state index is 5.97. The lowest BCUT2D eigenvalue weighted by molar-refractivity contribution is 0.363. The van der Waals surface area contributed by atoms with Crippen molar-refractivity contribution in [3.05, 3.63) is 47.5 Å². The molecule has 0 saturated heterocycles. The van der Waals surface area contributed by atoms with Gasteiger partial charge in [-0.2, -0.15) is 0 Å². The summed E-state index contributed by atoms with van der Waals surface area (Å²) in [5, 5.41) is 3.66. The summed E-state index contributed by atoms with van der Waals surface area (Å²) in [5.41, 5.74) is 8.94. The molecule has 0 amide bonds.